The molecule has 2 rings (SSSR count). The number of benzene rings is 1. The molecule has 1 aromatic carbocycles. The highest BCUT2D eigenvalue weighted by atomic mass is 35.5. The average molecular weight is 254 g/mol. The molecule has 17 heavy (non-hydrogen) atoms. The van der Waals surface area contributed by atoms with E-state index in [9.17, 15) is 4.79 Å². The Morgan fingerprint density at radius 3 is 2.71 bits per heavy atom. The van der Waals surface area contributed by atoms with Crippen LogP contribution in [0.3, 0.4) is 0 Å². The number of nitrogens with one attached hydrogen (secondary N) is 1. The van der Waals surface area contributed by atoms with Gasteiger partial charge in [0.2, 0.25) is 0 Å². The van der Waals surface area contributed by atoms with Crippen molar-refractivity contribution in [3.05, 3.63) is 35.4 Å². The molecule has 92 valence electrons. The van der Waals surface area contributed by atoms with Gasteiger partial charge < -0.3 is 10.1 Å². The topological polar surface area (TPSA) is 38.3 Å². The zero-order valence-electron chi connectivity index (χ0n) is 9.78. The van der Waals surface area contributed by atoms with E-state index < -0.39 is 0 Å². The third-order valence-electron chi connectivity index (χ3n) is 3.07. The van der Waals surface area contributed by atoms with Crippen molar-refractivity contribution in [2.75, 3.05) is 13.7 Å². The molecule has 2 atom stereocenters. The van der Waals surface area contributed by atoms with Gasteiger partial charge in [0.1, 0.15) is 0 Å². The number of carbonyl (C=O) groups excluding carboxylic acids is 1. The van der Waals surface area contributed by atoms with E-state index in [2.05, 4.69) is 10.1 Å². The highest BCUT2D eigenvalue weighted by molar-refractivity contribution is 6.20. The first kappa shape index (κ1) is 12.4. The summed E-state index contributed by atoms with van der Waals surface area (Å²) in [4.78, 5) is 11.3. The van der Waals surface area contributed by atoms with E-state index in [4.69, 9.17) is 11.6 Å². The summed E-state index contributed by atoms with van der Waals surface area (Å²) >= 11 is 6.15. The molecular formula is C13H16ClNO2. The fourth-order valence-electron chi connectivity index (χ4n) is 2.09. The third-order valence-corrected chi connectivity index (χ3v) is 3.47. The fourth-order valence-corrected chi connectivity index (χ4v) is 2.38. The molecule has 0 saturated carbocycles. The second kappa shape index (κ2) is 5.52. The Bertz CT molecular complexity index is 391. The average Bonchev–Trinajstić information content (AvgIpc) is 2.38. The maximum atomic E-state index is 11.3. The monoisotopic (exact) mass is 253 g/mol. The lowest BCUT2D eigenvalue weighted by Gasteiger charge is -2.27. The molecule has 1 heterocycles. The zero-order valence-corrected chi connectivity index (χ0v) is 10.5. The van der Waals surface area contributed by atoms with Gasteiger partial charge in [-0.2, -0.15) is 0 Å². The quantitative estimate of drug-likeness (QED) is 0.650. The van der Waals surface area contributed by atoms with Gasteiger partial charge in [0.25, 0.3) is 0 Å². The van der Waals surface area contributed by atoms with Crippen molar-refractivity contribution in [3.63, 3.8) is 0 Å². The van der Waals surface area contributed by atoms with Crippen molar-refractivity contribution in [3.8, 4) is 0 Å². The van der Waals surface area contributed by atoms with E-state index in [-0.39, 0.29) is 17.4 Å². The van der Waals surface area contributed by atoms with Crippen LogP contribution in [0.2, 0.25) is 0 Å². The number of hydrogen-bond donors (Lipinski definition) is 1. The molecule has 1 fully saturated rings. The van der Waals surface area contributed by atoms with E-state index in [0.29, 0.717) is 5.56 Å². The zero-order chi connectivity index (χ0) is 12.3. The van der Waals surface area contributed by atoms with Crippen molar-refractivity contribution in [1.82, 2.24) is 5.32 Å². The molecule has 3 nitrogen and oxygen atoms in total. The molecule has 4 heteroatoms. The first-order valence-corrected chi connectivity index (χ1v) is 6.20. The number of hydrogen-bond acceptors (Lipinski definition) is 3. The SMILES string of the molecule is COC(=O)c1ccc(C2CC(Cl)CCN2)cc1. The molecule has 0 radical (unpaired) electrons. The summed E-state index contributed by atoms with van der Waals surface area (Å²) in [5.41, 5.74) is 1.75. The Kier molecular flexibility index (Phi) is 4.02. The Balaban J connectivity index is 2.09. The van der Waals surface area contributed by atoms with E-state index in [1.807, 2.05) is 12.1 Å². The number of alkyl halides is 1. The molecule has 2 unspecified atom stereocenters. The highest BCUT2D eigenvalue weighted by Gasteiger charge is 2.21. The first-order chi connectivity index (χ1) is 8.20. The van der Waals surface area contributed by atoms with Crippen LogP contribution in [0.4, 0.5) is 0 Å². The number of carbonyl (C=O) groups is 1. The van der Waals surface area contributed by atoms with Crippen LogP contribution in [0.25, 0.3) is 0 Å². The van der Waals surface area contributed by atoms with Gasteiger partial charge in [0.15, 0.2) is 0 Å². The summed E-state index contributed by atoms with van der Waals surface area (Å²) in [6, 6.07) is 7.79. The van der Waals surface area contributed by atoms with Gasteiger partial charge in [-0.05, 0) is 37.1 Å². The summed E-state index contributed by atoms with van der Waals surface area (Å²) < 4.78 is 4.66. The van der Waals surface area contributed by atoms with Gasteiger partial charge in [0, 0.05) is 11.4 Å². The van der Waals surface area contributed by atoms with E-state index >= 15 is 0 Å². The number of esters is 1. The van der Waals surface area contributed by atoms with Crippen LogP contribution in [-0.2, 0) is 4.74 Å². The minimum atomic E-state index is -0.302. The van der Waals surface area contributed by atoms with Crippen LogP contribution in [0, 0.1) is 0 Å². The fraction of sp³-hybridized carbons (Fsp3) is 0.462. The minimum Gasteiger partial charge on any atom is -0.465 e. The van der Waals surface area contributed by atoms with Crippen LogP contribution < -0.4 is 5.32 Å². The Labute approximate surface area is 106 Å². The van der Waals surface area contributed by atoms with Crippen LogP contribution in [-0.4, -0.2) is 25.0 Å². The van der Waals surface area contributed by atoms with Gasteiger partial charge in [-0.25, -0.2) is 4.79 Å². The van der Waals surface area contributed by atoms with Crippen LogP contribution >= 0.6 is 11.6 Å². The van der Waals surface area contributed by atoms with Crippen LogP contribution in [0.15, 0.2) is 24.3 Å². The number of piperidine rings is 1. The Hall–Kier alpha value is -1.06. The predicted molar refractivity (Wildman–Crippen MR) is 67.4 cm³/mol. The summed E-state index contributed by atoms with van der Waals surface area (Å²) in [7, 11) is 1.39. The molecule has 1 saturated heterocycles. The van der Waals surface area contributed by atoms with Crippen LogP contribution in [0.5, 0.6) is 0 Å². The summed E-state index contributed by atoms with van der Waals surface area (Å²) in [5, 5.41) is 3.67. The highest BCUT2D eigenvalue weighted by Crippen LogP contribution is 2.26. The number of ether oxygens (including phenoxy) is 1. The van der Waals surface area contributed by atoms with Crippen molar-refractivity contribution < 1.29 is 9.53 Å². The number of methoxy groups -OCH3 is 1. The molecule has 0 spiro atoms. The third kappa shape index (κ3) is 2.99. The Morgan fingerprint density at radius 2 is 2.12 bits per heavy atom. The number of rotatable bonds is 2. The van der Waals surface area contributed by atoms with Gasteiger partial charge in [-0.3, -0.25) is 0 Å². The second-order valence-electron chi connectivity index (χ2n) is 4.24. The summed E-state index contributed by atoms with van der Waals surface area (Å²) in [6.45, 7) is 0.942. The lowest BCUT2D eigenvalue weighted by molar-refractivity contribution is 0.0600. The molecule has 0 amide bonds. The molecule has 1 aliphatic heterocycles. The molecule has 0 bridgehead atoms. The van der Waals surface area contributed by atoms with Gasteiger partial charge in [0.05, 0.1) is 12.7 Å². The summed E-state index contributed by atoms with van der Waals surface area (Å²) in [6.07, 6.45) is 1.94. The predicted octanol–water partition coefficient (Wildman–Crippen LogP) is 2.51. The maximum absolute atomic E-state index is 11.3. The molecule has 0 aromatic heterocycles. The van der Waals surface area contributed by atoms with Gasteiger partial charge >= 0.3 is 5.97 Å². The smallest absolute Gasteiger partial charge is 0.337 e. The van der Waals surface area contributed by atoms with E-state index in [0.717, 1.165) is 19.4 Å². The largest absolute Gasteiger partial charge is 0.465 e. The standard InChI is InChI=1S/C13H16ClNO2/c1-17-13(16)10-4-2-9(3-5-10)12-8-11(14)6-7-15-12/h2-5,11-12,15H,6-8H2,1H3. The molecular weight excluding hydrogens is 238 g/mol. The van der Waals surface area contributed by atoms with E-state index in [1.54, 1.807) is 12.1 Å². The molecule has 1 N–H and O–H groups in total. The summed E-state index contributed by atoms with van der Waals surface area (Å²) in [5.74, 6) is -0.302. The first-order valence-electron chi connectivity index (χ1n) is 5.76. The van der Waals surface area contributed by atoms with Gasteiger partial charge in [-0.15, -0.1) is 11.6 Å². The molecule has 1 aliphatic rings. The normalized spacial score (nSPS) is 24.4. The van der Waals surface area contributed by atoms with Gasteiger partial charge in [-0.1, -0.05) is 12.1 Å². The van der Waals surface area contributed by atoms with Crippen LogP contribution in [0.1, 0.15) is 34.8 Å². The lowest BCUT2D eigenvalue weighted by atomic mass is 9.96. The Morgan fingerprint density at radius 1 is 1.41 bits per heavy atom. The lowest BCUT2D eigenvalue weighted by Crippen LogP contribution is -2.32. The minimum absolute atomic E-state index is 0.238. The molecule has 1 aromatic rings. The second-order valence-corrected chi connectivity index (χ2v) is 4.86. The van der Waals surface area contributed by atoms with Crippen molar-refractivity contribution >= 4 is 17.6 Å². The van der Waals surface area contributed by atoms with E-state index in [1.165, 1.54) is 12.7 Å². The van der Waals surface area contributed by atoms with Crippen molar-refractivity contribution in [1.29, 1.82) is 0 Å². The maximum Gasteiger partial charge on any atom is 0.337 e. The van der Waals surface area contributed by atoms with Crippen molar-refractivity contribution in [2.24, 2.45) is 0 Å². The van der Waals surface area contributed by atoms with Crippen molar-refractivity contribution in [2.45, 2.75) is 24.3 Å². The number of halogens is 1. The molecule has 0 aliphatic carbocycles.